The first kappa shape index (κ1) is 9.46. The molecule has 1 heterocycles. The number of carbonyl (C=O) groups excluding carboxylic acids is 1. The largest absolute Gasteiger partial charge is 0.468 e. The highest BCUT2D eigenvalue weighted by Gasteiger charge is 2.37. The molecule has 0 amide bonds. The van der Waals surface area contributed by atoms with Crippen LogP contribution >= 0.6 is 0 Å². The quantitative estimate of drug-likeness (QED) is 0.740. The van der Waals surface area contributed by atoms with Gasteiger partial charge >= 0.3 is 0 Å². The van der Waals surface area contributed by atoms with Gasteiger partial charge in [-0.3, -0.25) is 4.79 Å². The van der Waals surface area contributed by atoms with Crippen LogP contribution < -0.4 is 0 Å². The summed E-state index contributed by atoms with van der Waals surface area (Å²) in [7, 11) is 0. The van der Waals surface area contributed by atoms with E-state index in [9.17, 15) is 9.90 Å². The number of hydrogen-bond donors (Lipinski definition) is 1. The molecule has 0 bridgehead atoms. The average Bonchev–Trinajstić information content (AvgIpc) is 2.47. The standard InChI is InChI=1S/C11H14O3/c1-7-5-14-9-4-11(2,6-12)3-8(13)10(7)9/h5,12H,3-4,6H2,1-2H3. The molecule has 3 heteroatoms. The smallest absolute Gasteiger partial charge is 0.167 e. The van der Waals surface area contributed by atoms with E-state index in [2.05, 4.69) is 0 Å². The Morgan fingerprint density at radius 3 is 2.93 bits per heavy atom. The summed E-state index contributed by atoms with van der Waals surface area (Å²) >= 11 is 0. The minimum atomic E-state index is -0.339. The van der Waals surface area contributed by atoms with Crippen molar-refractivity contribution < 1.29 is 14.3 Å². The Bertz CT molecular complexity index is 378. The van der Waals surface area contributed by atoms with Gasteiger partial charge in [0.15, 0.2) is 5.78 Å². The molecule has 1 aromatic rings. The summed E-state index contributed by atoms with van der Waals surface area (Å²) in [6, 6.07) is 0. The number of aryl methyl sites for hydroxylation is 1. The molecular weight excluding hydrogens is 180 g/mol. The number of aliphatic hydroxyl groups is 1. The van der Waals surface area contributed by atoms with Crippen LogP contribution in [0.2, 0.25) is 0 Å². The Labute approximate surface area is 82.7 Å². The molecule has 1 aliphatic carbocycles. The van der Waals surface area contributed by atoms with Crippen molar-refractivity contribution in [2.45, 2.75) is 26.7 Å². The molecule has 1 N–H and O–H groups in total. The number of fused-ring (bicyclic) bond motifs is 1. The highest BCUT2D eigenvalue weighted by Crippen LogP contribution is 2.36. The summed E-state index contributed by atoms with van der Waals surface area (Å²) in [5.74, 6) is 0.823. The molecule has 0 radical (unpaired) electrons. The molecule has 0 aliphatic heterocycles. The third kappa shape index (κ3) is 1.28. The number of Topliss-reactive ketones (excluding diaryl/α,β-unsaturated/α-hetero) is 1. The van der Waals surface area contributed by atoms with Crippen LogP contribution in [-0.4, -0.2) is 17.5 Å². The van der Waals surface area contributed by atoms with Gasteiger partial charge in [-0.1, -0.05) is 6.92 Å². The Morgan fingerprint density at radius 2 is 2.29 bits per heavy atom. The van der Waals surface area contributed by atoms with E-state index in [4.69, 9.17) is 4.42 Å². The number of ketones is 1. The average molecular weight is 194 g/mol. The van der Waals surface area contributed by atoms with E-state index in [1.54, 1.807) is 6.26 Å². The lowest BCUT2D eigenvalue weighted by molar-refractivity contribution is 0.0764. The van der Waals surface area contributed by atoms with Crippen LogP contribution in [0.15, 0.2) is 10.7 Å². The molecule has 1 unspecified atom stereocenters. The van der Waals surface area contributed by atoms with E-state index in [0.717, 1.165) is 16.9 Å². The normalized spacial score (nSPS) is 26.4. The van der Waals surface area contributed by atoms with Crippen LogP contribution in [0.4, 0.5) is 0 Å². The van der Waals surface area contributed by atoms with Crippen molar-refractivity contribution >= 4 is 5.78 Å². The van der Waals surface area contributed by atoms with Gasteiger partial charge in [0.1, 0.15) is 5.76 Å². The van der Waals surface area contributed by atoms with Crippen molar-refractivity contribution in [1.82, 2.24) is 0 Å². The summed E-state index contributed by atoms with van der Waals surface area (Å²) in [6.45, 7) is 3.81. The minimum Gasteiger partial charge on any atom is -0.468 e. The van der Waals surface area contributed by atoms with E-state index in [0.29, 0.717) is 12.8 Å². The molecule has 76 valence electrons. The van der Waals surface area contributed by atoms with Crippen LogP contribution in [-0.2, 0) is 6.42 Å². The Kier molecular flexibility index (Phi) is 2.00. The van der Waals surface area contributed by atoms with Gasteiger partial charge in [0.2, 0.25) is 0 Å². The maximum absolute atomic E-state index is 11.8. The Balaban J connectivity index is 2.44. The highest BCUT2D eigenvalue weighted by molar-refractivity contribution is 5.99. The van der Waals surface area contributed by atoms with Crippen LogP contribution in [0.1, 0.15) is 35.0 Å². The fourth-order valence-corrected chi connectivity index (χ4v) is 2.04. The molecule has 14 heavy (non-hydrogen) atoms. The number of rotatable bonds is 1. The fraction of sp³-hybridized carbons (Fsp3) is 0.545. The zero-order valence-corrected chi connectivity index (χ0v) is 8.46. The summed E-state index contributed by atoms with van der Waals surface area (Å²) in [5.41, 5.74) is 1.30. The predicted molar refractivity (Wildman–Crippen MR) is 51.3 cm³/mol. The van der Waals surface area contributed by atoms with E-state index < -0.39 is 0 Å². The minimum absolute atomic E-state index is 0.0257. The molecule has 0 spiro atoms. The number of carbonyl (C=O) groups is 1. The molecule has 0 saturated heterocycles. The lowest BCUT2D eigenvalue weighted by atomic mass is 9.75. The number of hydrogen-bond acceptors (Lipinski definition) is 3. The SMILES string of the molecule is Cc1coc2c1C(=O)CC(C)(CO)C2. The van der Waals surface area contributed by atoms with Gasteiger partial charge < -0.3 is 9.52 Å². The third-order valence-corrected chi connectivity index (χ3v) is 2.89. The topological polar surface area (TPSA) is 50.4 Å². The van der Waals surface area contributed by atoms with Crippen LogP contribution in [0.25, 0.3) is 0 Å². The maximum Gasteiger partial charge on any atom is 0.167 e. The van der Waals surface area contributed by atoms with Crippen molar-refractivity contribution in [2.24, 2.45) is 5.41 Å². The van der Waals surface area contributed by atoms with Gasteiger partial charge in [0, 0.05) is 24.9 Å². The van der Waals surface area contributed by atoms with Crippen molar-refractivity contribution in [3.63, 3.8) is 0 Å². The van der Waals surface area contributed by atoms with Gasteiger partial charge in [0.25, 0.3) is 0 Å². The lowest BCUT2D eigenvalue weighted by Crippen LogP contribution is -2.32. The second-order valence-electron chi connectivity index (χ2n) is 4.46. The second-order valence-corrected chi connectivity index (χ2v) is 4.46. The second kappa shape index (κ2) is 2.95. The first-order valence-corrected chi connectivity index (χ1v) is 4.77. The summed E-state index contributed by atoms with van der Waals surface area (Å²) in [4.78, 5) is 11.8. The van der Waals surface area contributed by atoms with Gasteiger partial charge in [-0.2, -0.15) is 0 Å². The Morgan fingerprint density at radius 1 is 1.57 bits per heavy atom. The summed E-state index contributed by atoms with van der Waals surface area (Å²) in [6.07, 6.45) is 2.68. The predicted octanol–water partition coefficient (Wildman–Crippen LogP) is 1.72. The third-order valence-electron chi connectivity index (χ3n) is 2.89. The molecule has 1 aromatic heterocycles. The van der Waals surface area contributed by atoms with E-state index in [1.807, 2.05) is 13.8 Å². The van der Waals surface area contributed by atoms with Crippen LogP contribution in [0.5, 0.6) is 0 Å². The first-order chi connectivity index (χ1) is 6.56. The molecule has 1 aliphatic rings. The summed E-state index contributed by atoms with van der Waals surface area (Å²) < 4.78 is 5.32. The molecular formula is C11H14O3. The molecule has 1 atom stereocenters. The van der Waals surface area contributed by atoms with Crippen LogP contribution in [0.3, 0.4) is 0 Å². The van der Waals surface area contributed by atoms with Crippen molar-refractivity contribution in [3.8, 4) is 0 Å². The number of aliphatic hydroxyl groups excluding tert-OH is 1. The van der Waals surface area contributed by atoms with Gasteiger partial charge in [-0.15, -0.1) is 0 Å². The number of furan rings is 1. The molecule has 0 saturated carbocycles. The van der Waals surface area contributed by atoms with Gasteiger partial charge in [-0.05, 0) is 12.5 Å². The molecule has 3 nitrogen and oxygen atoms in total. The zero-order valence-electron chi connectivity index (χ0n) is 8.46. The monoisotopic (exact) mass is 194 g/mol. The van der Waals surface area contributed by atoms with Crippen molar-refractivity contribution in [2.75, 3.05) is 6.61 Å². The zero-order chi connectivity index (χ0) is 10.3. The maximum atomic E-state index is 11.8. The molecule has 0 fully saturated rings. The first-order valence-electron chi connectivity index (χ1n) is 4.77. The fourth-order valence-electron chi connectivity index (χ4n) is 2.04. The van der Waals surface area contributed by atoms with E-state index in [-0.39, 0.29) is 17.8 Å². The van der Waals surface area contributed by atoms with Crippen molar-refractivity contribution in [3.05, 3.63) is 23.2 Å². The lowest BCUT2D eigenvalue weighted by Gasteiger charge is -2.29. The molecule has 2 rings (SSSR count). The van der Waals surface area contributed by atoms with Gasteiger partial charge in [-0.25, -0.2) is 0 Å². The van der Waals surface area contributed by atoms with E-state index in [1.165, 1.54) is 0 Å². The Hall–Kier alpha value is -1.09. The highest BCUT2D eigenvalue weighted by atomic mass is 16.3. The molecule has 0 aromatic carbocycles. The van der Waals surface area contributed by atoms with Crippen molar-refractivity contribution in [1.29, 1.82) is 0 Å². The van der Waals surface area contributed by atoms with Crippen LogP contribution in [0, 0.1) is 12.3 Å². The van der Waals surface area contributed by atoms with Gasteiger partial charge in [0.05, 0.1) is 11.8 Å². The summed E-state index contributed by atoms with van der Waals surface area (Å²) in [5, 5.41) is 9.21. The van der Waals surface area contributed by atoms with E-state index >= 15 is 0 Å².